The van der Waals surface area contributed by atoms with Gasteiger partial charge >= 0.3 is 0 Å². The highest BCUT2D eigenvalue weighted by Gasteiger charge is 2.16. The first-order valence-corrected chi connectivity index (χ1v) is 10.8. The van der Waals surface area contributed by atoms with Crippen LogP contribution in [0.5, 0.6) is 5.75 Å². The van der Waals surface area contributed by atoms with Gasteiger partial charge in [-0.25, -0.2) is 0 Å². The van der Waals surface area contributed by atoms with Crippen molar-refractivity contribution < 1.29 is 19.1 Å². The maximum atomic E-state index is 12.4. The lowest BCUT2D eigenvalue weighted by molar-refractivity contribution is -0.137. The summed E-state index contributed by atoms with van der Waals surface area (Å²) >= 11 is 1.57. The molecule has 0 radical (unpaired) electrons. The van der Waals surface area contributed by atoms with Gasteiger partial charge in [-0.3, -0.25) is 14.4 Å². The molecule has 160 valence electrons. The van der Waals surface area contributed by atoms with Crippen LogP contribution in [-0.4, -0.2) is 42.2 Å². The van der Waals surface area contributed by atoms with Gasteiger partial charge in [0.15, 0.2) is 12.4 Å². The molecule has 2 aromatic carbocycles. The number of likely N-dealkylation sites (N-methyl/N-ethyl adjacent to an activating group) is 1. The number of nitrogens with zero attached hydrogens (tertiary/aromatic N) is 1. The van der Waals surface area contributed by atoms with E-state index >= 15 is 0 Å². The predicted molar refractivity (Wildman–Crippen MR) is 120 cm³/mol. The molecule has 3 aromatic rings. The highest BCUT2D eigenvalue weighted by atomic mass is 32.1. The van der Waals surface area contributed by atoms with E-state index in [1.807, 2.05) is 42.6 Å². The van der Waals surface area contributed by atoms with Gasteiger partial charge in [-0.1, -0.05) is 36.4 Å². The average Bonchev–Trinajstić information content (AvgIpc) is 3.34. The van der Waals surface area contributed by atoms with Crippen molar-refractivity contribution in [3.63, 3.8) is 0 Å². The summed E-state index contributed by atoms with van der Waals surface area (Å²) in [7, 11) is 0. The van der Waals surface area contributed by atoms with Crippen LogP contribution in [-0.2, 0) is 16.1 Å². The van der Waals surface area contributed by atoms with Gasteiger partial charge in [-0.2, -0.15) is 0 Å². The second kappa shape index (κ2) is 11.1. The SMILES string of the molecule is CCN(CC(=O)NCc1cccs1)C(=O)COc1ccc(C(=O)c2ccccc2)cc1. The highest BCUT2D eigenvalue weighted by Crippen LogP contribution is 2.15. The smallest absolute Gasteiger partial charge is 0.260 e. The van der Waals surface area contributed by atoms with Gasteiger partial charge in [0, 0.05) is 22.5 Å². The number of hydrogen-bond donors (Lipinski definition) is 1. The maximum Gasteiger partial charge on any atom is 0.260 e. The molecule has 3 rings (SSSR count). The van der Waals surface area contributed by atoms with E-state index in [1.165, 1.54) is 4.90 Å². The topological polar surface area (TPSA) is 75.7 Å². The zero-order valence-electron chi connectivity index (χ0n) is 17.2. The second-order valence-corrected chi connectivity index (χ2v) is 7.80. The van der Waals surface area contributed by atoms with E-state index in [0.717, 1.165) is 4.88 Å². The monoisotopic (exact) mass is 436 g/mol. The molecule has 2 amide bonds. The van der Waals surface area contributed by atoms with Crippen LogP contribution < -0.4 is 10.1 Å². The third kappa shape index (κ3) is 6.52. The van der Waals surface area contributed by atoms with E-state index in [9.17, 15) is 14.4 Å². The van der Waals surface area contributed by atoms with Crippen molar-refractivity contribution in [2.75, 3.05) is 19.7 Å². The molecule has 31 heavy (non-hydrogen) atoms. The van der Waals surface area contributed by atoms with Crippen LogP contribution in [0.4, 0.5) is 0 Å². The quantitative estimate of drug-likeness (QED) is 0.494. The van der Waals surface area contributed by atoms with Gasteiger partial charge in [-0.15, -0.1) is 11.3 Å². The van der Waals surface area contributed by atoms with Crippen molar-refractivity contribution in [3.8, 4) is 5.75 Å². The minimum atomic E-state index is -0.279. The fraction of sp³-hybridized carbons (Fsp3) is 0.208. The molecule has 1 aromatic heterocycles. The Bertz CT molecular complexity index is 1000. The predicted octanol–water partition coefficient (Wildman–Crippen LogP) is 3.52. The van der Waals surface area contributed by atoms with E-state index in [0.29, 0.717) is 30.0 Å². The van der Waals surface area contributed by atoms with Gasteiger partial charge in [0.25, 0.3) is 5.91 Å². The van der Waals surface area contributed by atoms with Crippen molar-refractivity contribution >= 4 is 28.9 Å². The molecule has 0 aliphatic heterocycles. The highest BCUT2D eigenvalue weighted by molar-refractivity contribution is 7.09. The number of nitrogens with one attached hydrogen (secondary N) is 1. The molecule has 1 heterocycles. The third-order valence-electron chi connectivity index (χ3n) is 4.62. The van der Waals surface area contributed by atoms with Crippen LogP contribution in [0, 0.1) is 0 Å². The molecule has 0 saturated carbocycles. The number of benzene rings is 2. The van der Waals surface area contributed by atoms with Crippen LogP contribution in [0.15, 0.2) is 72.1 Å². The van der Waals surface area contributed by atoms with E-state index in [-0.39, 0.29) is 30.7 Å². The lowest BCUT2D eigenvalue weighted by Crippen LogP contribution is -2.42. The molecule has 0 aliphatic carbocycles. The molecule has 0 atom stereocenters. The summed E-state index contributed by atoms with van der Waals surface area (Å²) in [5.41, 5.74) is 1.16. The standard InChI is InChI=1S/C24H24N2O4S/c1-2-26(16-22(27)25-15-21-9-6-14-31-21)23(28)17-30-20-12-10-19(11-13-20)24(29)18-7-4-3-5-8-18/h3-14H,2,15-17H2,1H3,(H,25,27). The second-order valence-electron chi connectivity index (χ2n) is 6.77. The van der Waals surface area contributed by atoms with Gasteiger partial charge < -0.3 is 15.0 Å². The van der Waals surface area contributed by atoms with E-state index < -0.39 is 0 Å². The Morgan fingerprint density at radius 1 is 0.935 bits per heavy atom. The Hall–Kier alpha value is -3.45. The average molecular weight is 437 g/mol. The number of carbonyl (C=O) groups excluding carboxylic acids is 3. The Morgan fingerprint density at radius 3 is 2.29 bits per heavy atom. The summed E-state index contributed by atoms with van der Waals surface area (Å²) in [6.07, 6.45) is 0. The minimum Gasteiger partial charge on any atom is -0.484 e. The van der Waals surface area contributed by atoms with E-state index in [4.69, 9.17) is 4.74 Å². The number of carbonyl (C=O) groups is 3. The lowest BCUT2D eigenvalue weighted by Gasteiger charge is -2.20. The Labute approximate surface area is 185 Å². The number of ether oxygens (including phenoxy) is 1. The summed E-state index contributed by atoms with van der Waals surface area (Å²) in [6.45, 7) is 2.47. The fourth-order valence-electron chi connectivity index (χ4n) is 2.90. The van der Waals surface area contributed by atoms with E-state index in [1.54, 1.807) is 47.7 Å². The minimum absolute atomic E-state index is 0.0193. The van der Waals surface area contributed by atoms with Crippen molar-refractivity contribution in [1.82, 2.24) is 10.2 Å². The van der Waals surface area contributed by atoms with Crippen LogP contribution in [0.25, 0.3) is 0 Å². The summed E-state index contributed by atoms with van der Waals surface area (Å²) < 4.78 is 5.56. The third-order valence-corrected chi connectivity index (χ3v) is 5.50. The van der Waals surface area contributed by atoms with Gasteiger partial charge in [0.1, 0.15) is 5.75 Å². The Morgan fingerprint density at radius 2 is 1.65 bits per heavy atom. The molecule has 0 unspecified atom stereocenters. The molecular weight excluding hydrogens is 412 g/mol. The molecule has 6 nitrogen and oxygen atoms in total. The first-order valence-electron chi connectivity index (χ1n) is 9.96. The van der Waals surface area contributed by atoms with Crippen LogP contribution >= 0.6 is 11.3 Å². The van der Waals surface area contributed by atoms with Gasteiger partial charge in [-0.05, 0) is 42.6 Å². The van der Waals surface area contributed by atoms with E-state index in [2.05, 4.69) is 5.32 Å². The molecule has 1 N–H and O–H groups in total. The number of thiophene rings is 1. The normalized spacial score (nSPS) is 10.4. The van der Waals surface area contributed by atoms with Crippen molar-refractivity contribution in [1.29, 1.82) is 0 Å². The summed E-state index contributed by atoms with van der Waals surface area (Å²) in [4.78, 5) is 39.5. The summed E-state index contributed by atoms with van der Waals surface area (Å²) in [5, 5.41) is 4.76. The molecule has 0 spiro atoms. The molecule has 0 aliphatic rings. The zero-order valence-corrected chi connectivity index (χ0v) is 18.1. The molecule has 7 heteroatoms. The summed E-state index contributed by atoms with van der Waals surface area (Å²) in [6, 6.07) is 19.6. The van der Waals surface area contributed by atoms with Crippen LogP contribution in [0.1, 0.15) is 27.7 Å². The maximum absolute atomic E-state index is 12.4. The van der Waals surface area contributed by atoms with Crippen LogP contribution in [0.3, 0.4) is 0 Å². The number of hydrogen-bond acceptors (Lipinski definition) is 5. The Kier molecular flexibility index (Phi) is 7.95. The number of amides is 2. The molecule has 0 saturated heterocycles. The van der Waals surface area contributed by atoms with Gasteiger partial charge in [0.05, 0.1) is 13.1 Å². The number of rotatable bonds is 10. The van der Waals surface area contributed by atoms with Crippen molar-refractivity contribution in [3.05, 3.63) is 88.1 Å². The first-order chi connectivity index (χ1) is 15.1. The Balaban J connectivity index is 1.48. The zero-order chi connectivity index (χ0) is 22.1. The summed E-state index contributed by atoms with van der Waals surface area (Å²) in [5.74, 6) is -0.0873. The first kappa shape index (κ1) is 22.2. The van der Waals surface area contributed by atoms with Crippen molar-refractivity contribution in [2.24, 2.45) is 0 Å². The molecule has 0 bridgehead atoms. The number of ketones is 1. The van der Waals surface area contributed by atoms with Crippen molar-refractivity contribution in [2.45, 2.75) is 13.5 Å². The van der Waals surface area contributed by atoms with Crippen LogP contribution in [0.2, 0.25) is 0 Å². The fourth-order valence-corrected chi connectivity index (χ4v) is 3.54. The largest absolute Gasteiger partial charge is 0.484 e. The molecule has 0 fully saturated rings. The van der Waals surface area contributed by atoms with Gasteiger partial charge in [0.2, 0.25) is 5.91 Å². The molecular formula is C24H24N2O4S. The lowest BCUT2D eigenvalue weighted by atomic mass is 10.0.